The number of rotatable bonds is 64. The second-order valence-corrected chi connectivity index (χ2v) is 23.4. The number of carbonyl (C=O) groups excluding carboxylic acids is 3. The lowest BCUT2D eigenvalue weighted by Gasteiger charge is -2.18. The number of allylic oxidation sites excluding steroid dienone is 10. The van der Waals surface area contributed by atoms with Gasteiger partial charge in [-0.1, -0.05) is 306 Å². The van der Waals surface area contributed by atoms with Crippen molar-refractivity contribution in [3.8, 4) is 0 Å². The predicted octanol–water partition coefficient (Wildman–Crippen LogP) is 23.9. The fraction of sp³-hybridized carbons (Fsp3) is 0.822. The highest BCUT2D eigenvalue weighted by molar-refractivity contribution is 5.71. The number of carbonyl (C=O) groups is 3. The third-order valence-electron chi connectivity index (χ3n) is 15.5. The van der Waals surface area contributed by atoms with Gasteiger partial charge >= 0.3 is 17.9 Å². The fourth-order valence-corrected chi connectivity index (χ4v) is 10.2. The lowest BCUT2D eigenvalue weighted by atomic mass is 10.0. The molecule has 0 rings (SSSR count). The van der Waals surface area contributed by atoms with Crippen LogP contribution in [-0.2, 0) is 28.6 Å². The average molecular weight is 1110 g/mol. The Bertz CT molecular complexity index is 1410. The van der Waals surface area contributed by atoms with Gasteiger partial charge in [-0.3, -0.25) is 14.4 Å². The van der Waals surface area contributed by atoms with Crippen molar-refractivity contribution in [2.75, 3.05) is 13.2 Å². The van der Waals surface area contributed by atoms with E-state index in [1.807, 2.05) is 0 Å². The molecule has 0 saturated carbocycles. The quantitative estimate of drug-likeness (QED) is 0.0261. The molecule has 0 aromatic rings. The van der Waals surface area contributed by atoms with Gasteiger partial charge in [0.1, 0.15) is 13.2 Å². The van der Waals surface area contributed by atoms with Crippen molar-refractivity contribution in [3.05, 3.63) is 60.8 Å². The molecule has 0 aliphatic heterocycles. The molecule has 1 unspecified atom stereocenters. The third-order valence-corrected chi connectivity index (χ3v) is 15.5. The molecule has 79 heavy (non-hydrogen) atoms. The molecule has 0 bridgehead atoms. The largest absolute Gasteiger partial charge is 0.462 e. The van der Waals surface area contributed by atoms with Crippen LogP contribution in [0.3, 0.4) is 0 Å². The molecule has 0 aromatic carbocycles. The molecule has 0 amide bonds. The minimum atomic E-state index is -0.778. The van der Waals surface area contributed by atoms with Gasteiger partial charge in [0.2, 0.25) is 0 Å². The van der Waals surface area contributed by atoms with E-state index in [0.29, 0.717) is 19.3 Å². The predicted molar refractivity (Wildman–Crippen MR) is 344 cm³/mol. The summed E-state index contributed by atoms with van der Waals surface area (Å²) in [4.78, 5) is 38.3. The van der Waals surface area contributed by atoms with E-state index in [1.54, 1.807) is 0 Å². The number of ether oxygens (including phenoxy) is 3. The zero-order chi connectivity index (χ0) is 57.1. The molecule has 0 heterocycles. The summed E-state index contributed by atoms with van der Waals surface area (Å²) < 4.78 is 16.9. The SMILES string of the molecule is CCCC/C=C\CCCCCCCC(=O)OCC(COC(=O)CCCCCCCCCCCCCCCCCCCC/C=C\C/C=C\C/C=C\CCCCCCC)OC(=O)CCCCCCCCC/C=C\CCCCCCCC. The molecule has 0 aromatic heterocycles. The Morgan fingerprint density at radius 1 is 0.253 bits per heavy atom. The van der Waals surface area contributed by atoms with Crippen molar-refractivity contribution in [3.63, 3.8) is 0 Å². The van der Waals surface area contributed by atoms with Crippen LogP contribution in [0.1, 0.15) is 367 Å². The Hall–Kier alpha value is -2.89. The van der Waals surface area contributed by atoms with Crippen molar-refractivity contribution in [1.82, 2.24) is 0 Å². The highest BCUT2D eigenvalue weighted by atomic mass is 16.6. The lowest BCUT2D eigenvalue weighted by molar-refractivity contribution is -0.167. The Kier molecular flexibility index (Phi) is 65.1. The van der Waals surface area contributed by atoms with Crippen LogP contribution >= 0.6 is 0 Å². The van der Waals surface area contributed by atoms with Crippen LogP contribution in [0.25, 0.3) is 0 Å². The van der Waals surface area contributed by atoms with E-state index in [1.165, 1.54) is 250 Å². The molecular weight excluding hydrogens is 973 g/mol. The van der Waals surface area contributed by atoms with Crippen LogP contribution in [0.4, 0.5) is 0 Å². The van der Waals surface area contributed by atoms with Gasteiger partial charge in [0.25, 0.3) is 0 Å². The van der Waals surface area contributed by atoms with Crippen molar-refractivity contribution in [2.45, 2.75) is 374 Å². The van der Waals surface area contributed by atoms with Gasteiger partial charge in [-0.15, -0.1) is 0 Å². The summed E-state index contributed by atoms with van der Waals surface area (Å²) in [6, 6.07) is 0. The fourth-order valence-electron chi connectivity index (χ4n) is 10.2. The summed E-state index contributed by atoms with van der Waals surface area (Å²) in [6.45, 7) is 6.62. The van der Waals surface area contributed by atoms with Gasteiger partial charge in [-0.05, 0) is 103 Å². The molecule has 0 fully saturated rings. The Morgan fingerprint density at radius 2 is 0.468 bits per heavy atom. The highest BCUT2D eigenvalue weighted by Gasteiger charge is 2.19. The molecule has 0 saturated heterocycles. The summed E-state index contributed by atoms with van der Waals surface area (Å²) in [5.74, 6) is -0.870. The van der Waals surface area contributed by atoms with E-state index >= 15 is 0 Å². The molecule has 0 N–H and O–H groups in total. The van der Waals surface area contributed by atoms with Crippen LogP contribution < -0.4 is 0 Å². The van der Waals surface area contributed by atoms with E-state index in [-0.39, 0.29) is 31.1 Å². The first-order valence-corrected chi connectivity index (χ1v) is 34.8. The summed E-state index contributed by atoms with van der Waals surface area (Å²) in [5.41, 5.74) is 0. The van der Waals surface area contributed by atoms with Crippen LogP contribution in [-0.4, -0.2) is 37.2 Å². The molecule has 6 nitrogen and oxygen atoms in total. The Balaban J connectivity index is 4.10. The number of hydrogen-bond acceptors (Lipinski definition) is 6. The summed E-state index contributed by atoms with van der Waals surface area (Å²) in [7, 11) is 0. The normalized spacial score (nSPS) is 12.4. The number of unbranched alkanes of at least 4 members (excludes halogenated alkanes) is 43. The standard InChI is InChI=1S/C73H132O6/c1-4-7-10-13-16-19-22-24-26-28-29-30-31-32-33-34-35-36-37-38-39-40-41-42-43-45-46-48-51-54-57-60-63-66-72(75)78-69-70(68-77-71(74)65-62-59-56-53-50-21-18-15-12-9-6-3)79-73(76)67-64-61-58-55-52-49-47-44-27-25-23-20-17-14-11-8-5-2/h15,18,22,24-25,27-29,31-32,70H,4-14,16-17,19-21,23,26,30,33-69H2,1-3H3/b18-15-,24-22-,27-25-,29-28-,32-31-. The molecule has 0 spiro atoms. The van der Waals surface area contributed by atoms with Crippen molar-refractivity contribution in [1.29, 1.82) is 0 Å². The van der Waals surface area contributed by atoms with Gasteiger partial charge in [-0.25, -0.2) is 0 Å². The van der Waals surface area contributed by atoms with Crippen molar-refractivity contribution < 1.29 is 28.6 Å². The second kappa shape index (κ2) is 67.6. The second-order valence-electron chi connectivity index (χ2n) is 23.4. The van der Waals surface area contributed by atoms with E-state index in [9.17, 15) is 14.4 Å². The first-order valence-electron chi connectivity index (χ1n) is 34.8. The first-order chi connectivity index (χ1) is 39.0. The molecule has 0 aliphatic carbocycles. The van der Waals surface area contributed by atoms with Gasteiger partial charge < -0.3 is 14.2 Å². The minimum absolute atomic E-state index is 0.0749. The van der Waals surface area contributed by atoms with Crippen molar-refractivity contribution in [2.24, 2.45) is 0 Å². The molecule has 1 atom stereocenters. The summed E-state index contributed by atoms with van der Waals surface area (Å²) >= 11 is 0. The first kappa shape index (κ1) is 76.1. The van der Waals surface area contributed by atoms with Crippen LogP contribution in [0.5, 0.6) is 0 Å². The van der Waals surface area contributed by atoms with E-state index in [0.717, 1.165) is 77.0 Å². The number of esters is 3. The smallest absolute Gasteiger partial charge is 0.306 e. The molecular formula is C73H132O6. The van der Waals surface area contributed by atoms with E-state index in [2.05, 4.69) is 81.5 Å². The van der Waals surface area contributed by atoms with Gasteiger partial charge in [-0.2, -0.15) is 0 Å². The zero-order valence-electron chi connectivity index (χ0n) is 52.9. The maximum atomic E-state index is 12.9. The van der Waals surface area contributed by atoms with Crippen molar-refractivity contribution >= 4 is 17.9 Å². The van der Waals surface area contributed by atoms with Crippen LogP contribution in [0.2, 0.25) is 0 Å². The molecule has 460 valence electrons. The van der Waals surface area contributed by atoms with Crippen LogP contribution in [0, 0.1) is 0 Å². The highest BCUT2D eigenvalue weighted by Crippen LogP contribution is 2.17. The maximum absolute atomic E-state index is 12.9. The van der Waals surface area contributed by atoms with E-state index in [4.69, 9.17) is 14.2 Å². The number of hydrogen-bond donors (Lipinski definition) is 0. The Morgan fingerprint density at radius 3 is 0.759 bits per heavy atom. The van der Waals surface area contributed by atoms with E-state index < -0.39 is 6.10 Å². The average Bonchev–Trinajstić information content (AvgIpc) is 3.45. The monoisotopic (exact) mass is 1110 g/mol. The Labute approximate surface area is 491 Å². The van der Waals surface area contributed by atoms with Gasteiger partial charge in [0, 0.05) is 19.3 Å². The zero-order valence-corrected chi connectivity index (χ0v) is 52.9. The molecule has 0 aliphatic rings. The lowest BCUT2D eigenvalue weighted by Crippen LogP contribution is -2.30. The minimum Gasteiger partial charge on any atom is -0.462 e. The van der Waals surface area contributed by atoms with Gasteiger partial charge in [0.05, 0.1) is 0 Å². The summed E-state index contributed by atoms with van der Waals surface area (Å²) in [5, 5.41) is 0. The van der Waals surface area contributed by atoms with Gasteiger partial charge in [0.15, 0.2) is 6.10 Å². The third kappa shape index (κ3) is 65.8. The maximum Gasteiger partial charge on any atom is 0.306 e. The molecule has 0 radical (unpaired) electrons. The van der Waals surface area contributed by atoms with Crippen LogP contribution in [0.15, 0.2) is 60.8 Å². The topological polar surface area (TPSA) is 78.9 Å². The molecule has 6 heteroatoms. The summed E-state index contributed by atoms with van der Waals surface area (Å²) in [6.07, 6.45) is 86.9.